The van der Waals surface area contributed by atoms with Crippen molar-refractivity contribution < 1.29 is 14.7 Å². The highest BCUT2D eigenvalue weighted by Gasteiger charge is 2.29. The van der Waals surface area contributed by atoms with E-state index in [4.69, 9.17) is 5.11 Å². The Morgan fingerprint density at radius 1 is 1.47 bits per heavy atom. The number of hydrogen-bond donors (Lipinski definition) is 2. The lowest BCUT2D eigenvalue weighted by Crippen LogP contribution is -2.47. The Morgan fingerprint density at radius 2 is 2.21 bits per heavy atom. The summed E-state index contributed by atoms with van der Waals surface area (Å²) in [6.07, 6.45) is 2.12. The highest BCUT2D eigenvalue weighted by molar-refractivity contribution is 7.14. The monoisotopic (exact) mass is 282 g/mol. The topological polar surface area (TPSA) is 69.6 Å². The summed E-state index contributed by atoms with van der Waals surface area (Å²) in [6, 6.07) is 1.48. The Balaban J connectivity index is 2.08. The molecule has 1 aromatic rings. The van der Waals surface area contributed by atoms with Gasteiger partial charge >= 0.3 is 12.0 Å². The lowest BCUT2D eigenvalue weighted by molar-refractivity contribution is 0.0698. The lowest BCUT2D eigenvalue weighted by Gasteiger charge is -2.37. The van der Waals surface area contributed by atoms with E-state index in [1.54, 1.807) is 10.3 Å². The molecule has 19 heavy (non-hydrogen) atoms. The van der Waals surface area contributed by atoms with Crippen LogP contribution >= 0.6 is 11.3 Å². The van der Waals surface area contributed by atoms with Gasteiger partial charge in [-0.2, -0.15) is 0 Å². The fraction of sp³-hybridized carbons (Fsp3) is 0.538. The molecule has 2 unspecified atom stereocenters. The van der Waals surface area contributed by atoms with Crippen molar-refractivity contribution >= 4 is 28.3 Å². The smallest absolute Gasteiger partial charge is 0.338 e. The maximum atomic E-state index is 12.2. The van der Waals surface area contributed by atoms with Crippen LogP contribution in [0.1, 0.15) is 37.0 Å². The largest absolute Gasteiger partial charge is 0.478 e. The third-order valence-electron chi connectivity index (χ3n) is 3.75. The van der Waals surface area contributed by atoms with Crippen molar-refractivity contribution in [3.05, 3.63) is 17.0 Å². The molecule has 1 aromatic heterocycles. The molecule has 0 saturated carbocycles. The van der Waals surface area contributed by atoms with Crippen LogP contribution in [0.2, 0.25) is 0 Å². The van der Waals surface area contributed by atoms with Gasteiger partial charge in [0.1, 0.15) is 5.00 Å². The first-order chi connectivity index (χ1) is 9.00. The minimum atomic E-state index is -1.02. The standard InChI is InChI=1S/C13H18N2O3S/c1-8-4-3-6-15(9(8)2)13(18)14-11-10(12(16)17)5-7-19-11/h5,7-9H,3-4,6H2,1-2H3,(H,14,18)(H,16,17). The summed E-state index contributed by atoms with van der Waals surface area (Å²) in [5, 5.41) is 13.8. The zero-order valence-corrected chi connectivity index (χ0v) is 11.9. The number of thiophene rings is 1. The molecule has 0 spiro atoms. The first kappa shape index (κ1) is 13.9. The number of carbonyl (C=O) groups is 2. The van der Waals surface area contributed by atoms with E-state index in [-0.39, 0.29) is 17.6 Å². The molecule has 1 aliphatic rings. The zero-order chi connectivity index (χ0) is 14.0. The van der Waals surface area contributed by atoms with E-state index in [0.29, 0.717) is 10.9 Å². The highest BCUT2D eigenvalue weighted by atomic mass is 32.1. The molecule has 0 aromatic carbocycles. The number of rotatable bonds is 2. The highest BCUT2D eigenvalue weighted by Crippen LogP contribution is 2.26. The Hall–Kier alpha value is -1.56. The second kappa shape index (κ2) is 5.61. The van der Waals surface area contributed by atoms with Gasteiger partial charge in [0.2, 0.25) is 0 Å². The van der Waals surface area contributed by atoms with Gasteiger partial charge in [-0.3, -0.25) is 5.32 Å². The third-order valence-corrected chi connectivity index (χ3v) is 4.58. The summed E-state index contributed by atoms with van der Waals surface area (Å²) >= 11 is 1.23. The van der Waals surface area contributed by atoms with Gasteiger partial charge in [-0.05, 0) is 37.1 Å². The normalized spacial score (nSPS) is 23.2. The van der Waals surface area contributed by atoms with Gasteiger partial charge in [-0.1, -0.05) is 6.92 Å². The Bertz CT molecular complexity index is 486. The number of aromatic carboxylic acids is 1. The van der Waals surface area contributed by atoms with Crippen LogP contribution in [0.5, 0.6) is 0 Å². The van der Waals surface area contributed by atoms with Crippen LogP contribution in [0.15, 0.2) is 11.4 Å². The fourth-order valence-corrected chi connectivity index (χ4v) is 3.13. The van der Waals surface area contributed by atoms with Crippen LogP contribution in [0.25, 0.3) is 0 Å². The van der Waals surface area contributed by atoms with Crippen LogP contribution in [0, 0.1) is 5.92 Å². The van der Waals surface area contributed by atoms with Crippen molar-refractivity contribution in [2.24, 2.45) is 5.92 Å². The molecule has 0 aliphatic carbocycles. The van der Waals surface area contributed by atoms with Crippen molar-refractivity contribution in [1.82, 2.24) is 4.90 Å². The van der Waals surface area contributed by atoms with Gasteiger partial charge in [0, 0.05) is 12.6 Å². The maximum absolute atomic E-state index is 12.2. The van der Waals surface area contributed by atoms with Crippen molar-refractivity contribution in [2.75, 3.05) is 11.9 Å². The van der Waals surface area contributed by atoms with E-state index in [0.717, 1.165) is 19.4 Å². The molecule has 104 valence electrons. The molecule has 1 saturated heterocycles. The molecule has 6 heteroatoms. The number of piperidine rings is 1. The Morgan fingerprint density at radius 3 is 2.89 bits per heavy atom. The minimum Gasteiger partial charge on any atom is -0.478 e. The van der Waals surface area contributed by atoms with Gasteiger partial charge in [0.15, 0.2) is 0 Å². The summed E-state index contributed by atoms with van der Waals surface area (Å²) in [5.74, 6) is -0.543. The summed E-state index contributed by atoms with van der Waals surface area (Å²) in [6.45, 7) is 4.90. The molecule has 2 amide bonds. The molecule has 2 rings (SSSR count). The number of carboxylic acids is 1. The summed E-state index contributed by atoms with van der Waals surface area (Å²) in [7, 11) is 0. The van der Waals surface area contributed by atoms with E-state index in [9.17, 15) is 9.59 Å². The number of urea groups is 1. The van der Waals surface area contributed by atoms with Crippen LogP contribution in [-0.2, 0) is 0 Å². The van der Waals surface area contributed by atoms with Crippen molar-refractivity contribution in [1.29, 1.82) is 0 Å². The van der Waals surface area contributed by atoms with Crippen molar-refractivity contribution in [2.45, 2.75) is 32.7 Å². The number of carboxylic acid groups (broad SMARTS) is 1. The Kier molecular flexibility index (Phi) is 4.09. The summed E-state index contributed by atoms with van der Waals surface area (Å²) < 4.78 is 0. The SMILES string of the molecule is CC1CCCN(C(=O)Nc2sccc2C(=O)O)C1C. The van der Waals surface area contributed by atoms with Gasteiger partial charge in [0.05, 0.1) is 5.56 Å². The number of nitrogens with one attached hydrogen (secondary N) is 1. The lowest BCUT2D eigenvalue weighted by atomic mass is 9.92. The molecular formula is C13H18N2O3S. The van der Waals surface area contributed by atoms with E-state index >= 15 is 0 Å². The molecule has 2 atom stereocenters. The molecule has 0 bridgehead atoms. The van der Waals surface area contributed by atoms with Crippen LogP contribution in [0.3, 0.4) is 0 Å². The number of likely N-dealkylation sites (tertiary alicyclic amines) is 1. The number of carbonyl (C=O) groups excluding carboxylic acids is 1. The number of hydrogen-bond acceptors (Lipinski definition) is 3. The second-order valence-corrected chi connectivity index (χ2v) is 5.87. The summed E-state index contributed by atoms with van der Waals surface area (Å²) in [4.78, 5) is 25.0. The second-order valence-electron chi connectivity index (χ2n) is 4.95. The van der Waals surface area contributed by atoms with Gasteiger partial charge in [0.25, 0.3) is 0 Å². The van der Waals surface area contributed by atoms with Crippen molar-refractivity contribution in [3.63, 3.8) is 0 Å². The van der Waals surface area contributed by atoms with E-state index in [1.807, 2.05) is 6.92 Å². The fourth-order valence-electron chi connectivity index (χ4n) is 2.37. The minimum absolute atomic E-state index is 0.149. The maximum Gasteiger partial charge on any atom is 0.338 e. The van der Waals surface area contributed by atoms with E-state index < -0.39 is 5.97 Å². The first-order valence-electron chi connectivity index (χ1n) is 6.39. The molecule has 2 N–H and O–H groups in total. The van der Waals surface area contributed by atoms with Gasteiger partial charge < -0.3 is 10.0 Å². The molecule has 0 radical (unpaired) electrons. The zero-order valence-electron chi connectivity index (χ0n) is 11.0. The molecule has 5 nitrogen and oxygen atoms in total. The molecular weight excluding hydrogens is 264 g/mol. The summed E-state index contributed by atoms with van der Waals surface area (Å²) in [5.41, 5.74) is 0.149. The molecule has 1 fully saturated rings. The van der Waals surface area contributed by atoms with Gasteiger partial charge in [-0.15, -0.1) is 11.3 Å². The predicted molar refractivity (Wildman–Crippen MR) is 74.9 cm³/mol. The van der Waals surface area contributed by atoms with E-state index in [1.165, 1.54) is 17.4 Å². The van der Waals surface area contributed by atoms with Crippen LogP contribution in [0.4, 0.5) is 9.80 Å². The van der Waals surface area contributed by atoms with Crippen molar-refractivity contribution in [3.8, 4) is 0 Å². The quantitative estimate of drug-likeness (QED) is 0.875. The predicted octanol–water partition coefficient (Wildman–Crippen LogP) is 3.10. The van der Waals surface area contributed by atoms with Gasteiger partial charge in [-0.25, -0.2) is 9.59 Å². The average Bonchev–Trinajstić information content (AvgIpc) is 2.80. The first-order valence-corrected chi connectivity index (χ1v) is 7.27. The average molecular weight is 282 g/mol. The van der Waals surface area contributed by atoms with E-state index in [2.05, 4.69) is 12.2 Å². The Labute approximate surface area is 116 Å². The number of amides is 2. The molecule has 1 aliphatic heterocycles. The number of nitrogens with zero attached hydrogens (tertiary/aromatic N) is 1. The molecule has 2 heterocycles. The van der Waals surface area contributed by atoms with Crippen LogP contribution < -0.4 is 5.32 Å². The number of anilines is 1. The third kappa shape index (κ3) is 2.89. The van der Waals surface area contributed by atoms with Crippen LogP contribution in [-0.4, -0.2) is 34.6 Å².